The number of amides is 2. The van der Waals surface area contributed by atoms with Crippen molar-refractivity contribution >= 4 is 24.2 Å². The van der Waals surface area contributed by atoms with E-state index in [0.717, 1.165) is 45.1 Å². The number of carbonyl (C=O) groups excluding carboxylic acids is 2. The van der Waals surface area contributed by atoms with Gasteiger partial charge < -0.3 is 16.0 Å². The van der Waals surface area contributed by atoms with Crippen LogP contribution in [0, 0.1) is 11.8 Å². The average molecular weight is 380 g/mol. The lowest BCUT2D eigenvalue weighted by Crippen LogP contribution is -2.52. The van der Waals surface area contributed by atoms with Crippen molar-refractivity contribution in [2.24, 2.45) is 17.6 Å². The van der Waals surface area contributed by atoms with Gasteiger partial charge in [0.15, 0.2) is 0 Å². The molecule has 2 fully saturated rings. The van der Waals surface area contributed by atoms with Gasteiger partial charge in [-0.25, -0.2) is 0 Å². The molecular weight excluding hydrogens is 350 g/mol. The van der Waals surface area contributed by atoms with Gasteiger partial charge in [0.1, 0.15) is 0 Å². The second-order valence-electron chi connectivity index (χ2n) is 7.29. The minimum Gasteiger partial charge on any atom is -0.350 e. The SMILES string of the molecule is Cl.NC[C@H]1CCC[C@H]1C(=O)N1CCCCC1CNC(=O)c1ccccc1. The monoisotopic (exact) mass is 379 g/mol. The van der Waals surface area contributed by atoms with E-state index < -0.39 is 0 Å². The van der Waals surface area contributed by atoms with E-state index in [-0.39, 0.29) is 36.2 Å². The minimum absolute atomic E-state index is 0. The average Bonchev–Trinajstić information content (AvgIpc) is 3.15. The van der Waals surface area contributed by atoms with E-state index >= 15 is 0 Å². The Labute approximate surface area is 162 Å². The molecule has 1 aliphatic heterocycles. The lowest BCUT2D eigenvalue weighted by molar-refractivity contribution is -0.140. The smallest absolute Gasteiger partial charge is 0.251 e. The molecule has 2 amide bonds. The number of benzene rings is 1. The maximum atomic E-state index is 13.1. The highest BCUT2D eigenvalue weighted by molar-refractivity contribution is 5.94. The summed E-state index contributed by atoms with van der Waals surface area (Å²) < 4.78 is 0. The van der Waals surface area contributed by atoms with Gasteiger partial charge >= 0.3 is 0 Å². The van der Waals surface area contributed by atoms with Gasteiger partial charge in [-0.15, -0.1) is 12.4 Å². The van der Waals surface area contributed by atoms with Crippen LogP contribution in [0.3, 0.4) is 0 Å². The summed E-state index contributed by atoms with van der Waals surface area (Å²) in [4.78, 5) is 27.4. The van der Waals surface area contributed by atoms with Gasteiger partial charge in [-0.2, -0.15) is 0 Å². The zero-order valence-electron chi connectivity index (χ0n) is 15.2. The summed E-state index contributed by atoms with van der Waals surface area (Å²) in [5.41, 5.74) is 6.52. The first kappa shape index (κ1) is 20.7. The van der Waals surface area contributed by atoms with E-state index in [0.29, 0.717) is 24.6 Å². The van der Waals surface area contributed by atoms with Crippen molar-refractivity contribution in [1.82, 2.24) is 10.2 Å². The number of carbonyl (C=O) groups is 2. The van der Waals surface area contributed by atoms with E-state index in [1.54, 1.807) is 0 Å². The Morgan fingerprint density at radius 1 is 1.08 bits per heavy atom. The van der Waals surface area contributed by atoms with E-state index in [1.807, 2.05) is 35.2 Å². The number of rotatable bonds is 5. The normalized spacial score (nSPS) is 25.4. The van der Waals surface area contributed by atoms with Gasteiger partial charge in [-0.3, -0.25) is 9.59 Å². The van der Waals surface area contributed by atoms with Crippen LogP contribution in [-0.2, 0) is 4.79 Å². The van der Waals surface area contributed by atoms with Crippen LogP contribution < -0.4 is 11.1 Å². The Morgan fingerprint density at radius 3 is 2.58 bits per heavy atom. The number of hydrogen-bond donors (Lipinski definition) is 2. The molecule has 0 spiro atoms. The molecule has 1 saturated carbocycles. The van der Waals surface area contributed by atoms with E-state index in [2.05, 4.69) is 5.32 Å². The molecule has 5 nitrogen and oxygen atoms in total. The standard InChI is InChI=1S/C20H29N3O2.ClH/c21-13-16-9-6-11-18(16)20(25)23-12-5-4-10-17(23)14-22-19(24)15-7-2-1-3-8-15;/h1-3,7-8,16-18H,4-6,9-14,21H2,(H,22,24);1H/t16-,17?,18-;/m1./s1. The lowest BCUT2D eigenvalue weighted by Gasteiger charge is -2.38. The van der Waals surface area contributed by atoms with Crippen LogP contribution in [0.15, 0.2) is 30.3 Å². The van der Waals surface area contributed by atoms with Crippen molar-refractivity contribution in [3.63, 3.8) is 0 Å². The van der Waals surface area contributed by atoms with Crippen LogP contribution in [0.1, 0.15) is 48.9 Å². The van der Waals surface area contributed by atoms with Crippen LogP contribution >= 0.6 is 12.4 Å². The summed E-state index contributed by atoms with van der Waals surface area (Å²) in [7, 11) is 0. The summed E-state index contributed by atoms with van der Waals surface area (Å²) in [6, 6.07) is 9.34. The van der Waals surface area contributed by atoms with E-state index in [9.17, 15) is 9.59 Å². The van der Waals surface area contributed by atoms with Gasteiger partial charge in [0.2, 0.25) is 5.91 Å². The number of nitrogens with two attached hydrogens (primary N) is 1. The van der Waals surface area contributed by atoms with Crippen molar-refractivity contribution in [3.05, 3.63) is 35.9 Å². The molecule has 3 N–H and O–H groups in total. The Morgan fingerprint density at radius 2 is 1.85 bits per heavy atom. The summed E-state index contributed by atoms with van der Waals surface area (Å²) in [5.74, 6) is 0.593. The summed E-state index contributed by atoms with van der Waals surface area (Å²) >= 11 is 0. The third kappa shape index (κ3) is 4.77. The van der Waals surface area contributed by atoms with Crippen molar-refractivity contribution in [2.75, 3.05) is 19.6 Å². The van der Waals surface area contributed by atoms with Crippen molar-refractivity contribution < 1.29 is 9.59 Å². The maximum Gasteiger partial charge on any atom is 0.251 e. The molecule has 26 heavy (non-hydrogen) atoms. The zero-order chi connectivity index (χ0) is 17.6. The maximum absolute atomic E-state index is 13.1. The first-order valence-corrected chi connectivity index (χ1v) is 9.54. The third-order valence-corrected chi connectivity index (χ3v) is 5.72. The molecule has 3 atom stereocenters. The molecule has 144 valence electrons. The summed E-state index contributed by atoms with van der Waals surface area (Å²) in [6.45, 7) is 1.93. The summed E-state index contributed by atoms with van der Waals surface area (Å²) in [5, 5.41) is 3.01. The highest BCUT2D eigenvalue weighted by atomic mass is 35.5. The Kier molecular flexibility index (Phi) is 7.91. The molecular formula is C20H30ClN3O2. The molecule has 1 saturated heterocycles. The van der Waals surface area contributed by atoms with Crippen molar-refractivity contribution in [3.8, 4) is 0 Å². The predicted molar refractivity (Wildman–Crippen MR) is 105 cm³/mol. The van der Waals surface area contributed by atoms with Crippen molar-refractivity contribution in [2.45, 2.75) is 44.6 Å². The molecule has 1 heterocycles. The van der Waals surface area contributed by atoms with Crippen molar-refractivity contribution in [1.29, 1.82) is 0 Å². The van der Waals surface area contributed by atoms with Gasteiger partial charge in [-0.1, -0.05) is 24.6 Å². The fraction of sp³-hybridized carbons (Fsp3) is 0.600. The molecule has 2 aliphatic rings. The minimum atomic E-state index is -0.0701. The lowest BCUT2D eigenvalue weighted by atomic mass is 9.92. The van der Waals surface area contributed by atoms with Gasteiger partial charge in [0, 0.05) is 30.6 Å². The van der Waals surface area contributed by atoms with Gasteiger partial charge in [0.05, 0.1) is 0 Å². The number of halogens is 1. The molecule has 0 radical (unpaired) electrons. The molecule has 1 unspecified atom stereocenters. The molecule has 6 heteroatoms. The fourth-order valence-electron chi connectivity index (χ4n) is 4.26. The quantitative estimate of drug-likeness (QED) is 0.825. The topological polar surface area (TPSA) is 75.4 Å². The molecule has 0 aromatic heterocycles. The fourth-order valence-corrected chi connectivity index (χ4v) is 4.26. The van der Waals surface area contributed by atoms with Crippen LogP contribution in [0.2, 0.25) is 0 Å². The highest BCUT2D eigenvalue weighted by Crippen LogP contribution is 2.34. The zero-order valence-corrected chi connectivity index (χ0v) is 16.0. The highest BCUT2D eigenvalue weighted by Gasteiger charge is 2.37. The number of piperidine rings is 1. The van der Waals surface area contributed by atoms with Gasteiger partial charge in [0.25, 0.3) is 5.91 Å². The summed E-state index contributed by atoms with van der Waals surface area (Å²) in [6.07, 6.45) is 6.24. The largest absolute Gasteiger partial charge is 0.350 e. The molecule has 1 aromatic rings. The van der Waals surface area contributed by atoms with E-state index in [4.69, 9.17) is 5.73 Å². The molecule has 1 aliphatic carbocycles. The van der Waals surface area contributed by atoms with Gasteiger partial charge in [-0.05, 0) is 56.7 Å². The Bertz CT molecular complexity index is 596. The first-order chi connectivity index (χ1) is 12.2. The number of nitrogens with one attached hydrogen (secondary N) is 1. The van der Waals surface area contributed by atoms with Crippen LogP contribution in [0.5, 0.6) is 0 Å². The van der Waals surface area contributed by atoms with Crippen LogP contribution in [-0.4, -0.2) is 42.4 Å². The number of hydrogen-bond acceptors (Lipinski definition) is 3. The second-order valence-corrected chi connectivity index (χ2v) is 7.29. The Hall–Kier alpha value is -1.59. The molecule has 1 aromatic carbocycles. The van der Waals surface area contributed by atoms with E-state index in [1.165, 1.54) is 0 Å². The number of nitrogens with zero attached hydrogens (tertiary/aromatic N) is 1. The Balaban J connectivity index is 0.00000243. The number of likely N-dealkylation sites (tertiary alicyclic amines) is 1. The first-order valence-electron chi connectivity index (χ1n) is 9.54. The predicted octanol–water partition coefficient (Wildman–Crippen LogP) is 2.59. The third-order valence-electron chi connectivity index (χ3n) is 5.72. The van der Waals surface area contributed by atoms with Crippen LogP contribution in [0.25, 0.3) is 0 Å². The second kappa shape index (κ2) is 9.93. The van der Waals surface area contributed by atoms with Crippen LogP contribution in [0.4, 0.5) is 0 Å². The molecule has 0 bridgehead atoms. The molecule has 3 rings (SSSR count).